The predicted octanol–water partition coefficient (Wildman–Crippen LogP) is 3.27. The summed E-state index contributed by atoms with van der Waals surface area (Å²) in [6.45, 7) is 1.17. The van der Waals surface area contributed by atoms with Crippen LogP contribution in [0.5, 0.6) is 11.5 Å². The third-order valence-electron chi connectivity index (χ3n) is 2.36. The van der Waals surface area contributed by atoms with Gasteiger partial charge in [0.2, 0.25) is 0 Å². The van der Waals surface area contributed by atoms with Crippen molar-refractivity contribution in [2.24, 2.45) is 0 Å². The molecule has 2 aromatic rings. The van der Waals surface area contributed by atoms with Gasteiger partial charge >= 0.3 is 0 Å². The molecule has 1 heterocycles. The van der Waals surface area contributed by atoms with E-state index >= 15 is 0 Å². The molecule has 0 fully saturated rings. The average molecular weight is 323 g/mol. The van der Waals surface area contributed by atoms with Gasteiger partial charge in [0.1, 0.15) is 11.5 Å². The first-order chi connectivity index (χ1) is 9.24. The van der Waals surface area contributed by atoms with Crippen LogP contribution in [0.15, 0.2) is 47.2 Å². The largest absolute Gasteiger partial charge is 0.493 e. The standard InChI is InChI=1S/C14H15BrN2O2/c15-11-7-14(10-17-9-11)19-6-2-5-18-13-4-1-3-12(16)8-13/h1,3-4,7-10H,2,5-6,16H2. The number of aromatic nitrogens is 1. The van der Waals surface area contributed by atoms with Gasteiger partial charge in [-0.3, -0.25) is 4.98 Å². The van der Waals surface area contributed by atoms with E-state index in [0.29, 0.717) is 18.9 Å². The van der Waals surface area contributed by atoms with Crippen LogP contribution in [0.25, 0.3) is 0 Å². The Balaban J connectivity index is 1.67. The van der Waals surface area contributed by atoms with Crippen molar-refractivity contribution in [1.82, 2.24) is 4.98 Å². The van der Waals surface area contributed by atoms with Crippen molar-refractivity contribution in [2.45, 2.75) is 6.42 Å². The van der Waals surface area contributed by atoms with Crippen LogP contribution in [0.3, 0.4) is 0 Å². The highest BCUT2D eigenvalue weighted by molar-refractivity contribution is 9.10. The van der Waals surface area contributed by atoms with Crippen molar-refractivity contribution in [3.8, 4) is 11.5 Å². The zero-order valence-corrected chi connectivity index (χ0v) is 12.0. The molecule has 1 aromatic carbocycles. The lowest BCUT2D eigenvalue weighted by Crippen LogP contribution is -2.05. The van der Waals surface area contributed by atoms with Gasteiger partial charge in [-0.15, -0.1) is 0 Å². The van der Waals surface area contributed by atoms with Crippen LogP contribution >= 0.6 is 15.9 Å². The molecule has 0 aliphatic rings. The molecule has 2 rings (SSSR count). The van der Waals surface area contributed by atoms with E-state index in [1.807, 2.05) is 24.3 Å². The molecule has 5 heteroatoms. The van der Waals surface area contributed by atoms with Crippen molar-refractivity contribution >= 4 is 21.6 Å². The maximum atomic E-state index is 5.66. The summed E-state index contributed by atoms with van der Waals surface area (Å²) in [6, 6.07) is 9.27. The van der Waals surface area contributed by atoms with Gasteiger partial charge in [-0.2, -0.15) is 0 Å². The lowest BCUT2D eigenvalue weighted by Gasteiger charge is -2.08. The first kappa shape index (κ1) is 13.7. The molecule has 0 aliphatic carbocycles. The van der Waals surface area contributed by atoms with Crippen LogP contribution in [-0.4, -0.2) is 18.2 Å². The number of nitrogen functional groups attached to an aromatic ring is 1. The minimum atomic E-state index is 0.584. The highest BCUT2D eigenvalue weighted by atomic mass is 79.9. The van der Waals surface area contributed by atoms with Crippen molar-refractivity contribution in [3.63, 3.8) is 0 Å². The molecule has 0 atom stereocenters. The maximum absolute atomic E-state index is 5.66. The van der Waals surface area contributed by atoms with E-state index < -0.39 is 0 Å². The highest BCUT2D eigenvalue weighted by Gasteiger charge is 1.97. The number of nitrogens with zero attached hydrogens (tertiary/aromatic N) is 1. The molecule has 0 amide bonds. The summed E-state index contributed by atoms with van der Waals surface area (Å²) in [5.74, 6) is 1.53. The lowest BCUT2D eigenvalue weighted by atomic mass is 10.3. The molecule has 0 aliphatic heterocycles. The fraction of sp³-hybridized carbons (Fsp3) is 0.214. The summed E-state index contributed by atoms with van der Waals surface area (Å²) in [4.78, 5) is 4.02. The molecule has 0 spiro atoms. The van der Waals surface area contributed by atoms with Gasteiger partial charge in [0.05, 0.1) is 19.4 Å². The highest BCUT2D eigenvalue weighted by Crippen LogP contribution is 2.16. The second kappa shape index (κ2) is 6.99. The van der Waals surface area contributed by atoms with E-state index in [4.69, 9.17) is 15.2 Å². The molecule has 1 aromatic heterocycles. The fourth-order valence-corrected chi connectivity index (χ4v) is 1.86. The Morgan fingerprint density at radius 2 is 1.84 bits per heavy atom. The van der Waals surface area contributed by atoms with Gasteiger partial charge in [-0.05, 0) is 34.1 Å². The molecule has 0 bridgehead atoms. The molecule has 19 heavy (non-hydrogen) atoms. The summed E-state index contributed by atoms with van der Waals surface area (Å²) < 4.78 is 12.0. The quantitative estimate of drug-likeness (QED) is 0.655. The molecule has 2 N–H and O–H groups in total. The van der Waals surface area contributed by atoms with Crippen LogP contribution < -0.4 is 15.2 Å². The first-order valence-electron chi connectivity index (χ1n) is 5.96. The summed E-state index contributed by atoms with van der Waals surface area (Å²) in [5, 5.41) is 0. The zero-order chi connectivity index (χ0) is 13.5. The minimum Gasteiger partial charge on any atom is -0.493 e. The second-order valence-corrected chi connectivity index (χ2v) is 4.88. The monoisotopic (exact) mass is 322 g/mol. The summed E-state index contributed by atoms with van der Waals surface area (Å²) in [6.07, 6.45) is 4.20. The Bertz CT molecular complexity index is 487. The molecule has 0 unspecified atom stereocenters. The number of rotatable bonds is 6. The van der Waals surface area contributed by atoms with Crippen molar-refractivity contribution in [2.75, 3.05) is 18.9 Å². The maximum Gasteiger partial charge on any atom is 0.138 e. The SMILES string of the molecule is Nc1cccc(OCCCOc2cncc(Br)c2)c1. The van der Waals surface area contributed by atoms with E-state index in [9.17, 15) is 0 Å². The molecule has 4 nitrogen and oxygen atoms in total. The summed E-state index contributed by atoms with van der Waals surface area (Å²) in [5.41, 5.74) is 6.37. The lowest BCUT2D eigenvalue weighted by molar-refractivity contribution is 0.247. The first-order valence-corrected chi connectivity index (χ1v) is 6.75. The Morgan fingerprint density at radius 3 is 2.58 bits per heavy atom. The van der Waals surface area contributed by atoms with Crippen LogP contribution in [-0.2, 0) is 0 Å². The molecule has 0 saturated heterocycles. The number of hydrogen-bond donors (Lipinski definition) is 1. The van der Waals surface area contributed by atoms with E-state index in [-0.39, 0.29) is 0 Å². The number of nitrogens with two attached hydrogens (primary N) is 1. The Labute approximate surface area is 120 Å². The number of benzene rings is 1. The Kier molecular flexibility index (Phi) is 5.03. The molecule has 0 radical (unpaired) electrons. The van der Waals surface area contributed by atoms with Gasteiger partial charge in [-0.25, -0.2) is 0 Å². The van der Waals surface area contributed by atoms with Gasteiger partial charge in [-0.1, -0.05) is 6.07 Å². The average Bonchev–Trinajstić information content (AvgIpc) is 2.38. The molecule has 0 saturated carbocycles. The molecular weight excluding hydrogens is 308 g/mol. The van der Waals surface area contributed by atoms with E-state index in [0.717, 1.165) is 22.4 Å². The number of ether oxygens (including phenoxy) is 2. The van der Waals surface area contributed by atoms with Gasteiger partial charge in [0.25, 0.3) is 0 Å². The Hall–Kier alpha value is -1.75. The topological polar surface area (TPSA) is 57.4 Å². The number of halogens is 1. The predicted molar refractivity (Wildman–Crippen MR) is 78.4 cm³/mol. The van der Waals surface area contributed by atoms with Crippen LogP contribution in [0, 0.1) is 0 Å². The molecular formula is C14H15BrN2O2. The van der Waals surface area contributed by atoms with Gasteiger partial charge in [0, 0.05) is 28.8 Å². The summed E-state index contributed by atoms with van der Waals surface area (Å²) >= 11 is 3.34. The normalized spacial score (nSPS) is 10.2. The van der Waals surface area contributed by atoms with Crippen molar-refractivity contribution in [1.29, 1.82) is 0 Å². The minimum absolute atomic E-state index is 0.584. The van der Waals surface area contributed by atoms with Gasteiger partial charge < -0.3 is 15.2 Å². The van der Waals surface area contributed by atoms with Crippen molar-refractivity contribution in [3.05, 3.63) is 47.2 Å². The van der Waals surface area contributed by atoms with Crippen LogP contribution in [0.1, 0.15) is 6.42 Å². The number of pyridine rings is 1. The van der Waals surface area contributed by atoms with E-state index in [2.05, 4.69) is 20.9 Å². The van der Waals surface area contributed by atoms with E-state index in [1.165, 1.54) is 0 Å². The smallest absolute Gasteiger partial charge is 0.138 e. The summed E-state index contributed by atoms with van der Waals surface area (Å²) in [7, 11) is 0. The van der Waals surface area contributed by atoms with Gasteiger partial charge in [0.15, 0.2) is 0 Å². The van der Waals surface area contributed by atoms with Crippen LogP contribution in [0.4, 0.5) is 5.69 Å². The number of anilines is 1. The second-order valence-electron chi connectivity index (χ2n) is 3.96. The zero-order valence-electron chi connectivity index (χ0n) is 10.4. The third-order valence-corrected chi connectivity index (χ3v) is 2.80. The fourth-order valence-electron chi connectivity index (χ4n) is 1.51. The molecule has 100 valence electrons. The van der Waals surface area contributed by atoms with Crippen molar-refractivity contribution < 1.29 is 9.47 Å². The van der Waals surface area contributed by atoms with E-state index in [1.54, 1.807) is 18.5 Å². The third kappa shape index (κ3) is 4.79. The Morgan fingerprint density at radius 1 is 1.05 bits per heavy atom. The van der Waals surface area contributed by atoms with Crippen LogP contribution in [0.2, 0.25) is 0 Å². The number of hydrogen-bond acceptors (Lipinski definition) is 4.